The fraction of sp³-hybridized carbons (Fsp3) is 0.235. The van der Waals surface area contributed by atoms with Crippen molar-refractivity contribution in [3.63, 3.8) is 0 Å². The van der Waals surface area contributed by atoms with E-state index < -0.39 is 18.6 Å². The summed E-state index contributed by atoms with van der Waals surface area (Å²) in [6.45, 7) is 0.858. The Hall–Kier alpha value is -2.70. The van der Waals surface area contributed by atoms with Crippen molar-refractivity contribution in [3.8, 4) is 5.75 Å². The summed E-state index contributed by atoms with van der Waals surface area (Å²) >= 11 is 0. The summed E-state index contributed by atoms with van der Waals surface area (Å²) in [4.78, 5) is 11.8. The third-order valence-electron chi connectivity index (χ3n) is 3.34. The summed E-state index contributed by atoms with van der Waals surface area (Å²) in [5.74, 6) is -0.640. The number of carbonyl (C=O) groups is 1. The third kappa shape index (κ3) is 5.19. The Kier molecular flexibility index (Phi) is 5.33. The van der Waals surface area contributed by atoms with Gasteiger partial charge >= 0.3 is 6.18 Å². The molecule has 3 N–H and O–H groups in total. The molecule has 0 saturated heterocycles. The van der Waals surface area contributed by atoms with Gasteiger partial charge in [0.15, 0.2) is 0 Å². The second kappa shape index (κ2) is 7.25. The molecule has 2 aromatic carbocycles. The zero-order valence-corrected chi connectivity index (χ0v) is 12.9. The van der Waals surface area contributed by atoms with Gasteiger partial charge in [0, 0.05) is 17.8 Å². The molecular formula is C17H17F3N2O2. The molecule has 1 amide bonds. The van der Waals surface area contributed by atoms with E-state index in [4.69, 9.17) is 0 Å². The lowest BCUT2D eigenvalue weighted by Gasteiger charge is -2.13. The van der Waals surface area contributed by atoms with Crippen LogP contribution < -0.4 is 10.6 Å². The average Bonchev–Trinajstić information content (AvgIpc) is 2.51. The van der Waals surface area contributed by atoms with Gasteiger partial charge in [-0.25, -0.2) is 0 Å². The number of hydrogen-bond donors (Lipinski definition) is 3. The van der Waals surface area contributed by atoms with E-state index in [1.165, 1.54) is 12.1 Å². The molecule has 0 atom stereocenters. The highest BCUT2D eigenvalue weighted by atomic mass is 19.4. The maximum Gasteiger partial charge on any atom is 0.405 e. The number of aromatic hydroxyl groups is 1. The van der Waals surface area contributed by atoms with Gasteiger partial charge in [-0.2, -0.15) is 13.2 Å². The molecule has 24 heavy (non-hydrogen) atoms. The van der Waals surface area contributed by atoms with Crippen LogP contribution in [0.25, 0.3) is 0 Å². The van der Waals surface area contributed by atoms with Crippen molar-refractivity contribution in [2.75, 3.05) is 11.9 Å². The molecule has 0 aromatic heterocycles. The lowest BCUT2D eigenvalue weighted by atomic mass is 10.1. The number of aryl methyl sites for hydroxylation is 1. The van der Waals surface area contributed by atoms with Crippen LogP contribution in [0.4, 0.5) is 18.9 Å². The maximum atomic E-state index is 12.2. The summed E-state index contributed by atoms with van der Waals surface area (Å²) in [5.41, 5.74) is 2.46. The molecule has 7 heteroatoms. The van der Waals surface area contributed by atoms with Crippen molar-refractivity contribution < 1.29 is 23.1 Å². The van der Waals surface area contributed by atoms with Gasteiger partial charge in [0.1, 0.15) is 12.3 Å². The Morgan fingerprint density at radius 3 is 2.58 bits per heavy atom. The van der Waals surface area contributed by atoms with Crippen molar-refractivity contribution in [2.45, 2.75) is 19.6 Å². The zero-order chi connectivity index (χ0) is 17.7. The average molecular weight is 338 g/mol. The predicted octanol–water partition coefficient (Wildman–Crippen LogP) is 3.60. The third-order valence-corrected chi connectivity index (χ3v) is 3.34. The summed E-state index contributed by atoms with van der Waals surface area (Å²) in [6, 6.07) is 11.3. The van der Waals surface area contributed by atoms with Crippen LogP contribution in [0.3, 0.4) is 0 Å². The lowest BCUT2D eigenvalue weighted by Crippen LogP contribution is -2.33. The van der Waals surface area contributed by atoms with Crippen LogP contribution in [0, 0.1) is 6.92 Å². The van der Waals surface area contributed by atoms with E-state index in [0.29, 0.717) is 12.2 Å². The molecule has 0 heterocycles. The molecule has 0 aliphatic heterocycles. The first-order chi connectivity index (χ1) is 11.2. The van der Waals surface area contributed by atoms with Crippen molar-refractivity contribution in [2.24, 2.45) is 0 Å². The van der Waals surface area contributed by atoms with E-state index in [2.05, 4.69) is 5.32 Å². The first-order valence-corrected chi connectivity index (χ1v) is 7.22. The van der Waals surface area contributed by atoms with Gasteiger partial charge in [-0.3, -0.25) is 4.79 Å². The summed E-state index contributed by atoms with van der Waals surface area (Å²) in [6.07, 6.45) is -4.45. The number of anilines is 1. The molecule has 4 nitrogen and oxygen atoms in total. The van der Waals surface area contributed by atoms with E-state index in [1.807, 2.05) is 18.3 Å². The molecular weight excluding hydrogens is 321 g/mol. The Bertz CT molecular complexity index is 730. The molecule has 0 unspecified atom stereocenters. The molecule has 128 valence electrons. The lowest BCUT2D eigenvalue weighted by molar-refractivity contribution is -0.123. The van der Waals surface area contributed by atoms with Crippen molar-refractivity contribution in [1.82, 2.24) is 5.32 Å². The summed E-state index contributed by atoms with van der Waals surface area (Å²) in [5, 5.41) is 14.4. The number of halogens is 3. The van der Waals surface area contributed by atoms with Crippen molar-refractivity contribution in [1.29, 1.82) is 0 Å². The number of amides is 1. The number of rotatable bonds is 5. The molecule has 0 saturated carbocycles. The topological polar surface area (TPSA) is 61.4 Å². The van der Waals surface area contributed by atoms with Crippen LogP contribution in [-0.2, 0) is 6.54 Å². The number of phenolic OH excluding ortho intramolecular Hbond substituents is 1. The second-order valence-electron chi connectivity index (χ2n) is 5.35. The second-order valence-corrected chi connectivity index (χ2v) is 5.35. The summed E-state index contributed by atoms with van der Waals surface area (Å²) < 4.78 is 36.5. The number of hydrogen-bond acceptors (Lipinski definition) is 3. The highest BCUT2D eigenvalue weighted by Gasteiger charge is 2.27. The zero-order valence-electron chi connectivity index (χ0n) is 12.9. The van der Waals surface area contributed by atoms with Gasteiger partial charge in [-0.15, -0.1) is 0 Å². The van der Waals surface area contributed by atoms with Gasteiger partial charge in [0.05, 0.1) is 0 Å². The monoisotopic (exact) mass is 338 g/mol. The highest BCUT2D eigenvalue weighted by Crippen LogP contribution is 2.19. The van der Waals surface area contributed by atoms with E-state index in [-0.39, 0.29) is 11.3 Å². The van der Waals surface area contributed by atoms with Crippen LogP contribution in [0.1, 0.15) is 21.5 Å². The molecule has 0 radical (unpaired) electrons. The molecule has 0 bridgehead atoms. The quantitative estimate of drug-likeness (QED) is 0.780. The van der Waals surface area contributed by atoms with Crippen LogP contribution in [0.2, 0.25) is 0 Å². The van der Waals surface area contributed by atoms with E-state index in [0.717, 1.165) is 11.1 Å². The maximum absolute atomic E-state index is 12.2. The van der Waals surface area contributed by atoms with Crippen molar-refractivity contribution >= 4 is 11.6 Å². The molecule has 0 aliphatic carbocycles. The SMILES string of the molecule is Cc1ccc(C(=O)NCC(F)(F)F)cc1NCc1cccc(O)c1. The minimum absolute atomic E-state index is 0.142. The fourth-order valence-electron chi connectivity index (χ4n) is 2.10. The van der Waals surface area contributed by atoms with Gasteiger partial charge in [0.25, 0.3) is 5.91 Å². The number of alkyl halides is 3. The number of benzene rings is 2. The van der Waals surface area contributed by atoms with Gasteiger partial charge in [0.2, 0.25) is 0 Å². The minimum atomic E-state index is -4.45. The Morgan fingerprint density at radius 1 is 1.17 bits per heavy atom. The normalized spacial score (nSPS) is 11.2. The standard InChI is InChI=1S/C17H17F3N2O2/c1-11-5-6-13(16(24)22-10-17(18,19)20)8-15(11)21-9-12-3-2-4-14(23)7-12/h2-8,21,23H,9-10H2,1H3,(H,22,24). The van der Waals surface area contributed by atoms with Gasteiger partial charge < -0.3 is 15.7 Å². The number of nitrogens with one attached hydrogen (secondary N) is 2. The van der Waals surface area contributed by atoms with Gasteiger partial charge in [-0.1, -0.05) is 18.2 Å². The predicted molar refractivity (Wildman–Crippen MR) is 85.0 cm³/mol. The van der Waals surface area contributed by atoms with Gasteiger partial charge in [-0.05, 0) is 42.3 Å². The number of phenols is 1. The molecule has 2 rings (SSSR count). The smallest absolute Gasteiger partial charge is 0.405 e. The fourth-order valence-corrected chi connectivity index (χ4v) is 2.10. The van der Waals surface area contributed by atoms with Crippen molar-refractivity contribution in [3.05, 3.63) is 59.2 Å². The van der Waals surface area contributed by atoms with Crippen LogP contribution >= 0.6 is 0 Å². The molecule has 0 spiro atoms. The summed E-state index contributed by atoms with van der Waals surface area (Å²) in [7, 11) is 0. The number of carbonyl (C=O) groups excluding carboxylic acids is 1. The molecule has 0 aliphatic rings. The Balaban J connectivity index is 2.06. The van der Waals surface area contributed by atoms with Crippen LogP contribution in [-0.4, -0.2) is 23.7 Å². The van der Waals surface area contributed by atoms with E-state index >= 15 is 0 Å². The molecule has 2 aromatic rings. The molecule has 0 fully saturated rings. The Morgan fingerprint density at radius 2 is 1.92 bits per heavy atom. The van der Waals surface area contributed by atoms with E-state index in [9.17, 15) is 23.1 Å². The first-order valence-electron chi connectivity index (χ1n) is 7.22. The first kappa shape index (κ1) is 17.7. The highest BCUT2D eigenvalue weighted by molar-refractivity contribution is 5.95. The Labute approximate surface area is 137 Å². The van der Waals surface area contributed by atoms with E-state index in [1.54, 1.807) is 24.3 Å². The largest absolute Gasteiger partial charge is 0.508 e. The van der Waals surface area contributed by atoms with Crippen LogP contribution in [0.15, 0.2) is 42.5 Å². The minimum Gasteiger partial charge on any atom is -0.508 e. The van der Waals surface area contributed by atoms with Crippen LogP contribution in [0.5, 0.6) is 5.75 Å².